The van der Waals surface area contributed by atoms with Crippen LogP contribution in [0.1, 0.15) is 0 Å². The van der Waals surface area contributed by atoms with Crippen LogP contribution in [0, 0.1) is 0 Å². The summed E-state index contributed by atoms with van der Waals surface area (Å²) >= 11 is 11.1. The maximum atomic E-state index is 5.52. The first-order valence-corrected chi connectivity index (χ1v) is 3.42. The molecule has 0 fully saturated rings. The van der Waals surface area contributed by atoms with Gasteiger partial charge in [-0.3, -0.25) is 0 Å². The molecule has 1 aromatic rings. The molecule has 0 aliphatic carbocycles. The van der Waals surface area contributed by atoms with Gasteiger partial charge in [-0.25, -0.2) is 0 Å². The largest absolute Gasteiger partial charge is 0.136 e. The molecular formula is C4H3ClS2. The van der Waals surface area contributed by atoms with E-state index in [1.165, 1.54) is 11.3 Å². The predicted octanol–water partition coefficient (Wildman–Crippen LogP) is 2.69. The fourth-order valence-electron chi connectivity index (χ4n) is 0.303. The van der Waals surface area contributed by atoms with Gasteiger partial charge in [0.05, 0.1) is 9.23 Å². The molecule has 1 rings (SSSR count). The molecule has 0 spiro atoms. The summed E-state index contributed by atoms with van der Waals surface area (Å²) in [4.78, 5) is 0. The highest BCUT2D eigenvalue weighted by Gasteiger charge is 1.87. The maximum absolute atomic E-state index is 5.52. The first-order valence-electron chi connectivity index (χ1n) is 1.72. The van der Waals surface area contributed by atoms with E-state index in [4.69, 9.17) is 11.6 Å². The van der Waals surface area contributed by atoms with Gasteiger partial charge in [0.1, 0.15) is 0 Å². The molecule has 0 aromatic carbocycles. The van der Waals surface area contributed by atoms with E-state index in [1.807, 2.05) is 11.4 Å². The van der Waals surface area contributed by atoms with Gasteiger partial charge in [0.25, 0.3) is 0 Å². The van der Waals surface area contributed by atoms with E-state index in [-0.39, 0.29) is 0 Å². The molecule has 0 nitrogen and oxygen atoms in total. The number of hydrogen-bond donors (Lipinski definition) is 1. The Bertz CT molecular complexity index is 142. The van der Waals surface area contributed by atoms with Crippen molar-refractivity contribution in [3.8, 4) is 0 Å². The van der Waals surface area contributed by atoms with E-state index in [1.54, 1.807) is 0 Å². The lowest BCUT2D eigenvalue weighted by Gasteiger charge is -1.67. The molecule has 0 saturated heterocycles. The van der Waals surface area contributed by atoms with Gasteiger partial charge in [-0.1, -0.05) is 11.6 Å². The van der Waals surface area contributed by atoms with E-state index < -0.39 is 0 Å². The van der Waals surface area contributed by atoms with Gasteiger partial charge in [-0.05, 0) is 6.07 Å². The van der Waals surface area contributed by atoms with Crippen LogP contribution in [0.2, 0.25) is 5.02 Å². The van der Waals surface area contributed by atoms with Crippen LogP contribution in [0.15, 0.2) is 15.7 Å². The maximum Gasteiger partial charge on any atom is 0.0583 e. The van der Waals surface area contributed by atoms with E-state index in [2.05, 4.69) is 12.6 Å². The second-order valence-corrected chi connectivity index (χ2v) is 3.24. The Morgan fingerprint density at radius 3 is 2.57 bits per heavy atom. The highest BCUT2D eigenvalue weighted by molar-refractivity contribution is 7.82. The molecule has 0 amide bonds. The number of rotatable bonds is 0. The molecule has 0 aliphatic rings. The van der Waals surface area contributed by atoms with Crippen LogP contribution in [-0.2, 0) is 0 Å². The molecular weight excluding hydrogens is 148 g/mol. The molecule has 0 atom stereocenters. The van der Waals surface area contributed by atoms with E-state index in [0.717, 1.165) is 9.23 Å². The second-order valence-electron chi connectivity index (χ2n) is 1.10. The van der Waals surface area contributed by atoms with Crippen molar-refractivity contribution in [1.82, 2.24) is 0 Å². The monoisotopic (exact) mass is 150 g/mol. The zero-order valence-electron chi connectivity index (χ0n) is 3.39. The quantitative estimate of drug-likeness (QED) is 0.541. The summed E-state index contributed by atoms with van der Waals surface area (Å²) < 4.78 is 0.963. The van der Waals surface area contributed by atoms with Crippen molar-refractivity contribution < 1.29 is 0 Å². The topological polar surface area (TPSA) is 0 Å². The molecule has 38 valence electrons. The van der Waals surface area contributed by atoms with Gasteiger partial charge in [0, 0.05) is 5.38 Å². The molecule has 1 aromatic heterocycles. The fraction of sp³-hybridized carbons (Fsp3) is 0. The summed E-state index contributed by atoms with van der Waals surface area (Å²) in [6.45, 7) is 0. The lowest BCUT2D eigenvalue weighted by molar-refractivity contribution is 1.76. The van der Waals surface area contributed by atoms with Crippen molar-refractivity contribution >= 4 is 35.6 Å². The molecule has 7 heavy (non-hydrogen) atoms. The van der Waals surface area contributed by atoms with E-state index in [0.29, 0.717) is 0 Å². The average Bonchev–Trinajstić information content (AvgIpc) is 1.87. The Labute approximate surface area is 56.5 Å². The Kier molecular flexibility index (Phi) is 1.62. The minimum atomic E-state index is 0.773. The Hall–Kier alpha value is 0.340. The van der Waals surface area contributed by atoms with Crippen LogP contribution < -0.4 is 0 Å². The summed E-state index contributed by atoms with van der Waals surface area (Å²) in [5.74, 6) is 0. The highest BCUT2D eigenvalue weighted by Crippen LogP contribution is 2.21. The third-order valence-corrected chi connectivity index (χ3v) is 2.08. The van der Waals surface area contributed by atoms with Crippen molar-refractivity contribution in [3.63, 3.8) is 0 Å². The normalized spacial score (nSPS) is 9.43. The highest BCUT2D eigenvalue weighted by atomic mass is 35.5. The van der Waals surface area contributed by atoms with Crippen LogP contribution in [0.5, 0.6) is 0 Å². The van der Waals surface area contributed by atoms with Crippen molar-refractivity contribution in [2.45, 2.75) is 4.21 Å². The lowest BCUT2D eigenvalue weighted by atomic mass is 10.7. The zero-order valence-corrected chi connectivity index (χ0v) is 5.85. The van der Waals surface area contributed by atoms with Crippen LogP contribution in [0.4, 0.5) is 0 Å². The standard InChI is InChI=1S/C4H3ClS2/c5-3-1-4(6)7-2-3/h1-2,6H. The average molecular weight is 151 g/mol. The SMILES string of the molecule is Sc1cc(Cl)cs1. The van der Waals surface area contributed by atoms with E-state index >= 15 is 0 Å². The summed E-state index contributed by atoms with van der Waals surface area (Å²) in [6.07, 6.45) is 0. The van der Waals surface area contributed by atoms with Crippen molar-refractivity contribution in [2.75, 3.05) is 0 Å². The summed E-state index contributed by atoms with van der Waals surface area (Å²) in [7, 11) is 0. The van der Waals surface area contributed by atoms with Crippen LogP contribution in [-0.4, -0.2) is 0 Å². The van der Waals surface area contributed by atoms with Gasteiger partial charge in [0.15, 0.2) is 0 Å². The Morgan fingerprint density at radius 1 is 1.71 bits per heavy atom. The minimum Gasteiger partial charge on any atom is -0.136 e. The zero-order chi connectivity index (χ0) is 5.28. The summed E-state index contributed by atoms with van der Waals surface area (Å²) in [6, 6.07) is 1.81. The lowest BCUT2D eigenvalue weighted by Crippen LogP contribution is -1.39. The van der Waals surface area contributed by atoms with Gasteiger partial charge in [-0.15, -0.1) is 24.0 Å². The molecule has 0 unspecified atom stereocenters. The van der Waals surface area contributed by atoms with Gasteiger partial charge in [-0.2, -0.15) is 0 Å². The Balaban J connectivity index is 3.04. The van der Waals surface area contributed by atoms with Crippen LogP contribution in [0.3, 0.4) is 0 Å². The van der Waals surface area contributed by atoms with Crippen molar-refractivity contribution in [3.05, 3.63) is 16.5 Å². The third kappa shape index (κ3) is 1.37. The number of thiol groups is 1. The van der Waals surface area contributed by atoms with Crippen molar-refractivity contribution in [1.29, 1.82) is 0 Å². The van der Waals surface area contributed by atoms with Gasteiger partial charge < -0.3 is 0 Å². The molecule has 0 saturated carbocycles. The first kappa shape index (κ1) is 5.48. The van der Waals surface area contributed by atoms with Gasteiger partial charge >= 0.3 is 0 Å². The van der Waals surface area contributed by atoms with Crippen molar-refractivity contribution in [2.24, 2.45) is 0 Å². The number of thiophene rings is 1. The molecule has 1 heterocycles. The Morgan fingerprint density at radius 2 is 2.43 bits per heavy atom. The summed E-state index contributed by atoms with van der Waals surface area (Å²) in [5, 5.41) is 2.62. The fourth-order valence-corrected chi connectivity index (χ4v) is 1.48. The number of halogens is 1. The van der Waals surface area contributed by atoms with E-state index in [9.17, 15) is 0 Å². The minimum absolute atomic E-state index is 0.773. The molecule has 0 bridgehead atoms. The molecule has 0 radical (unpaired) electrons. The second kappa shape index (κ2) is 2.07. The third-order valence-electron chi connectivity index (χ3n) is 0.554. The predicted molar refractivity (Wildman–Crippen MR) is 36.6 cm³/mol. The number of hydrogen-bond acceptors (Lipinski definition) is 2. The molecule has 3 heteroatoms. The smallest absolute Gasteiger partial charge is 0.0583 e. The van der Waals surface area contributed by atoms with Gasteiger partial charge in [0.2, 0.25) is 0 Å². The molecule has 0 N–H and O–H groups in total. The van der Waals surface area contributed by atoms with Crippen LogP contribution in [0.25, 0.3) is 0 Å². The first-order chi connectivity index (χ1) is 3.29. The van der Waals surface area contributed by atoms with Crippen LogP contribution >= 0.6 is 35.6 Å². The summed E-state index contributed by atoms with van der Waals surface area (Å²) in [5.41, 5.74) is 0. The molecule has 0 aliphatic heterocycles.